The van der Waals surface area contributed by atoms with Gasteiger partial charge in [-0.05, 0) is 32.0 Å². The van der Waals surface area contributed by atoms with Gasteiger partial charge < -0.3 is 5.32 Å². The van der Waals surface area contributed by atoms with Crippen molar-refractivity contribution in [2.75, 3.05) is 5.32 Å². The van der Waals surface area contributed by atoms with Gasteiger partial charge in [0.1, 0.15) is 0 Å². The number of imidazole rings is 1. The minimum Gasteiger partial charge on any atom is -0.329 e. The maximum absolute atomic E-state index is 12.4. The number of carbonyl (C=O) groups is 1. The summed E-state index contributed by atoms with van der Waals surface area (Å²) in [5, 5.41) is 14.8. The summed E-state index contributed by atoms with van der Waals surface area (Å²) in [6, 6.07) is 13.5. The number of rotatable bonds is 3. The molecule has 130 valence electrons. The number of aromatic nitrogens is 2. The van der Waals surface area contributed by atoms with Crippen molar-refractivity contribution < 1.29 is 9.72 Å². The van der Waals surface area contributed by atoms with Crippen LogP contribution < -0.4 is 5.32 Å². The zero-order chi connectivity index (χ0) is 18.4. The zero-order valence-corrected chi connectivity index (χ0v) is 14.3. The Morgan fingerprint density at radius 2 is 1.88 bits per heavy atom. The van der Waals surface area contributed by atoms with Crippen LogP contribution in [-0.2, 0) is 4.79 Å². The van der Waals surface area contributed by atoms with Gasteiger partial charge in [-0.25, -0.2) is 4.98 Å². The summed E-state index contributed by atoms with van der Waals surface area (Å²) in [6.07, 6.45) is 0. The van der Waals surface area contributed by atoms with E-state index in [9.17, 15) is 14.9 Å². The van der Waals surface area contributed by atoms with Gasteiger partial charge in [0.05, 0.1) is 27.6 Å². The third kappa shape index (κ3) is 2.28. The molecule has 1 atom stereocenters. The maximum Gasteiger partial charge on any atom is 0.275 e. The lowest BCUT2D eigenvalue weighted by molar-refractivity contribution is -0.385. The number of allylic oxidation sites excluding steroid dienone is 2. The van der Waals surface area contributed by atoms with Crippen LogP contribution in [0.4, 0.5) is 11.6 Å². The van der Waals surface area contributed by atoms with Crippen molar-refractivity contribution in [2.24, 2.45) is 0 Å². The molecule has 7 heteroatoms. The van der Waals surface area contributed by atoms with E-state index in [0.717, 1.165) is 11.0 Å². The lowest BCUT2D eigenvalue weighted by Gasteiger charge is -2.29. The molecular formula is C19H16N4O3. The molecule has 0 bridgehead atoms. The number of hydrogen-bond donors (Lipinski definition) is 1. The summed E-state index contributed by atoms with van der Waals surface area (Å²) in [7, 11) is 0. The Balaban J connectivity index is 2.08. The summed E-state index contributed by atoms with van der Waals surface area (Å²) in [6.45, 7) is 3.27. The minimum absolute atomic E-state index is 0.0188. The van der Waals surface area contributed by atoms with Crippen molar-refractivity contribution in [1.82, 2.24) is 9.55 Å². The second-order valence-corrected chi connectivity index (χ2v) is 6.23. The Morgan fingerprint density at radius 3 is 2.62 bits per heavy atom. The molecule has 0 amide bonds. The average Bonchev–Trinajstić information content (AvgIpc) is 2.98. The van der Waals surface area contributed by atoms with Gasteiger partial charge in [-0.2, -0.15) is 0 Å². The highest BCUT2D eigenvalue weighted by molar-refractivity contribution is 5.98. The van der Waals surface area contributed by atoms with Crippen LogP contribution in [0.1, 0.15) is 25.5 Å². The van der Waals surface area contributed by atoms with Crippen LogP contribution in [0.5, 0.6) is 0 Å². The highest BCUT2D eigenvalue weighted by Gasteiger charge is 2.35. The van der Waals surface area contributed by atoms with Crippen molar-refractivity contribution in [1.29, 1.82) is 0 Å². The molecule has 4 rings (SSSR count). The highest BCUT2D eigenvalue weighted by atomic mass is 16.6. The Kier molecular flexibility index (Phi) is 3.57. The number of anilines is 1. The van der Waals surface area contributed by atoms with Crippen LogP contribution in [0, 0.1) is 10.1 Å². The Morgan fingerprint density at radius 1 is 1.19 bits per heavy atom. The monoisotopic (exact) mass is 348 g/mol. The topological polar surface area (TPSA) is 90.1 Å². The van der Waals surface area contributed by atoms with Gasteiger partial charge in [-0.15, -0.1) is 0 Å². The molecule has 2 heterocycles. The molecule has 3 aromatic rings. The van der Waals surface area contributed by atoms with Gasteiger partial charge in [-0.3, -0.25) is 19.5 Å². The lowest BCUT2D eigenvalue weighted by atomic mass is 9.91. The first-order valence-corrected chi connectivity index (χ1v) is 8.18. The number of benzene rings is 2. The van der Waals surface area contributed by atoms with Crippen molar-refractivity contribution in [3.8, 4) is 0 Å². The third-order valence-electron chi connectivity index (χ3n) is 4.64. The average molecular weight is 348 g/mol. The third-order valence-corrected chi connectivity index (χ3v) is 4.64. The van der Waals surface area contributed by atoms with Crippen molar-refractivity contribution >= 4 is 28.5 Å². The Bertz CT molecular complexity index is 1100. The molecule has 0 aliphatic carbocycles. The molecule has 0 saturated heterocycles. The van der Waals surface area contributed by atoms with Gasteiger partial charge in [0.25, 0.3) is 5.69 Å². The van der Waals surface area contributed by atoms with E-state index in [4.69, 9.17) is 0 Å². The molecule has 0 spiro atoms. The van der Waals surface area contributed by atoms with Crippen molar-refractivity contribution in [3.63, 3.8) is 0 Å². The standard InChI is InChI=1S/C19H16N4O3/c1-11-17(12(2)24)18(13-7-3-5-9-15(13)23(25)26)22-16-10-6-4-8-14(16)21-19(22)20-11/h3-10,18H,1-2H3,(H,20,21)/t18-/m0/s1. The lowest BCUT2D eigenvalue weighted by Crippen LogP contribution is -2.27. The SMILES string of the molecule is CC(=O)C1=C(C)Nc2nc3ccccc3n2[C@H]1c1ccccc1[N+](=O)[O-]. The number of hydrogen-bond acceptors (Lipinski definition) is 5. The first-order chi connectivity index (χ1) is 12.5. The smallest absolute Gasteiger partial charge is 0.275 e. The van der Waals surface area contributed by atoms with Crippen LogP contribution >= 0.6 is 0 Å². The normalized spacial score (nSPS) is 16.3. The van der Waals surface area contributed by atoms with Crippen LogP contribution in [0.3, 0.4) is 0 Å². The van der Waals surface area contributed by atoms with Gasteiger partial charge >= 0.3 is 0 Å². The molecule has 2 aromatic carbocycles. The van der Waals surface area contributed by atoms with Crippen LogP contribution in [-0.4, -0.2) is 20.3 Å². The molecule has 0 saturated carbocycles. The number of Topliss-reactive ketones (excluding diaryl/α,β-unsaturated/α-hetero) is 1. The molecule has 0 radical (unpaired) electrons. The van der Waals surface area contributed by atoms with Crippen LogP contribution in [0.25, 0.3) is 11.0 Å². The molecule has 1 N–H and O–H groups in total. The molecule has 0 unspecified atom stereocenters. The molecule has 26 heavy (non-hydrogen) atoms. The van der Waals surface area contributed by atoms with E-state index in [-0.39, 0.29) is 11.5 Å². The highest BCUT2D eigenvalue weighted by Crippen LogP contribution is 2.41. The minimum atomic E-state index is -0.613. The van der Waals surface area contributed by atoms with Crippen LogP contribution in [0.2, 0.25) is 0 Å². The van der Waals surface area contributed by atoms with Gasteiger partial charge in [0.15, 0.2) is 5.78 Å². The molecule has 7 nitrogen and oxygen atoms in total. The van der Waals surface area contributed by atoms with E-state index in [1.807, 2.05) is 28.8 Å². The summed E-state index contributed by atoms with van der Waals surface area (Å²) in [5.41, 5.74) is 3.17. The Hall–Kier alpha value is -3.48. The summed E-state index contributed by atoms with van der Waals surface area (Å²) >= 11 is 0. The number of carbonyl (C=O) groups excluding carboxylic acids is 1. The van der Waals surface area contributed by atoms with E-state index in [0.29, 0.717) is 22.8 Å². The molecule has 0 fully saturated rings. The maximum atomic E-state index is 12.4. The number of ketones is 1. The number of nitrogens with zero attached hydrogens (tertiary/aromatic N) is 3. The van der Waals surface area contributed by atoms with Crippen molar-refractivity contribution in [3.05, 3.63) is 75.5 Å². The van der Waals surface area contributed by atoms with E-state index in [1.165, 1.54) is 13.0 Å². The van der Waals surface area contributed by atoms with Crippen molar-refractivity contribution in [2.45, 2.75) is 19.9 Å². The molecule has 1 aromatic heterocycles. The van der Waals surface area contributed by atoms with Gasteiger partial charge in [-0.1, -0.05) is 24.3 Å². The first-order valence-electron chi connectivity index (χ1n) is 8.18. The molecule has 1 aliphatic heterocycles. The van der Waals surface area contributed by atoms with Gasteiger partial charge in [0.2, 0.25) is 5.95 Å². The first kappa shape index (κ1) is 16.0. The summed E-state index contributed by atoms with van der Waals surface area (Å²) < 4.78 is 1.86. The zero-order valence-electron chi connectivity index (χ0n) is 14.3. The van der Waals surface area contributed by atoms with E-state index < -0.39 is 11.0 Å². The van der Waals surface area contributed by atoms with E-state index in [1.54, 1.807) is 25.1 Å². The van der Waals surface area contributed by atoms with E-state index in [2.05, 4.69) is 10.3 Å². The number of para-hydroxylation sites is 3. The predicted octanol–water partition coefficient (Wildman–Crippen LogP) is 3.82. The summed E-state index contributed by atoms with van der Waals surface area (Å²) in [5.74, 6) is 0.429. The fraction of sp³-hybridized carbons (Fsp3) is 0.158. The fourth-order valence-electron chi connectivity index (χ4n) is 3.60. The van der Waals surface area contributed by atoms with Crippen LogP contribution in [0.15, 0.2) is 59.8 Å². The number of nitro groups is 1. The number of nitro benzene ring substituents is 1. The van der Waals surface area contributed by atoms with E-state index >= 15 is 0 Å². The van der Waals surface area contributed by atoms with Gasteiger partial charge in [0, 0.05) is 17.3 Å². The fourth-order valence-corrected chi connectivity index (χ4v) is 3.60. The molecular weight excluding hydrogens is 332 g/mol. The second kappa shape index (κ2) is 5.80. The quantitative estimate of drug-likeness (QED) is 0.574. The largest absolute Gasteiger partial charge is 0.329 e. The summed E-state index contributed by atoms with van der Waals surface area (Å²) in [4.78, 5) is 28.2. The number of fused-ring (bicyclic) bond motifs is 3. The molecule has 1 aliphatic rings. The second-order valence-electron chi connectivity index (χ2n) is 6.23. The Labute approximate surface area is 149 Å². The predicted molar refractivity (Wildman–Crippen MR) is 98.0 cm³/mol. The number of nitrogens with one attached hydrogen (secondary N) is 1.